The van der Waals surface area contributed by atoms with Crippen LogP contribution in [0.5, 0.6) is 0 Å². The van der Waals surface area contributed by atoms with Gasteiger partial charge >= 0.3 is 0 Å². The number of nitrogens with two attached hydrogens (primary N) is 1. The van der Waals surface area contributed by atoms with E-state index < -0.39 is 10.0 Å². The Kier molecular flexibility index (Phi) is 5.28. The lowest BCUT2D eigenvalue weighted by atomic mass is 9.94. The van der Waals surface area contributed by atoms with Crippen molar-refractivity contribution in [1.82, 2.24) is 9.88 Å². The molecule has 5 rings (SSSR count). The van der Waals surface area contributed by atoms with Crippen LogP contribution in [0.2, 0.25) is 0 Å². The maximum absolute atomic E-state index is 12.6. The van der Waals surface area contributed by atoms with Crippen molar-refractivity contribution in [3.05, 3.63) is 87.9 Å². The second-order valence-electron chi connectivity index (χ2n) is 7.82. The number of carbonyl (C=O) groups excluding carboxylic acids is 1. The summed E-state index contributed by atoms with van der Waals surface area (Å²) in [4.78, 5) is 20.0. The van der Waals surface area contributed by atoms with Gasteiger partial charge < -0.3 is 4.90 Å². The van der Waals surface area contributed by atoms with Crippen LogP contribution in [0.4, 0.5) is 0 Å². The van der Waals surface area contributed by atoms with Crippen LogP contribution >= 0.6 is 11.3 Å². The van der Waals surface area contributed by atoms with Crippen molar-refractivity contribution < 1.29 is 13.2 Å². The quantitative estimate of drug-likeness (QED) is 0.636. The molecule has 3 aromatic rings. The first kappa shape index (κ1) is 20.8. The highest BCUT2D eigenvalue weighted by Gasteiger charge is 2.24. The second kappa shape index (κ2) is 8.12. The summed E-state index contributed by atoms with van der Waals surface area (Å²) in [6.45, 7) is 1.26. The Labute approximate surface area is 190 Å². The van der Waals surface area contributed by atoms with Crippen molar-refractivity contribution in [2.75, 3.05) is 13.1 Å². The summed E-state index contributed by atoms with van der Waals surface area (Å²) in [6, 6.07) is 12.4. The molecule has 0 saturated carbocycles. The summed E-state index contributed by atoms with van der Waals surface area (Å²) in [5.74, 6) is 0.0785. The van der Waals surface area contributed by atoms with E-state index in [-0.39, 0.29) is 10.8 Å². The number of hydrogen-bond donors (Lipinski definition) is 1. The van der Waals surface area contributed by atoms with Crippen LogP contribution in [0.25, 0.3) is 16.7 Å². The van der Waals surface area contributed by atoms with Gasteiger partial charge in [-0.3, -0.25) is 9.78 Å². The summed E-state index contributed by atoms with van der Waals surface area (Å²) in [5, 5.41) is 7.21. The molecule has 1 aromatic carbocycles. The minimum absolute atomic E-state index is 0.0785. The monoisotopic (exact) mass is 463 g/mol. The van der Waals surface area contributed by atoms with Crippen LogP contribution in [0.3, 0.4) is 0 Å². The third-order valence-corrected chi connectivity index (χ3v) is 7.60. The van der Waals surface area contributed by atoms with Crippen LogP contribution in [-0.4, -0.2) is 37.3 Å². The molecule has 1 amide bonds. The summed E-state index contributed by atoms with van der Waals surface area (Å²) in [5.41, 5.74) is 6.03. The van der Waals surface area contributed by atoms with E-state index in [1.54, 1.807) is 18.3 Å². The van der Waals surface area contributed by atoms with Crippen molar-refractivity contribution >= 4 is 32.8 Å². The van der Waals surface area contributed by atoms with Crippen LogP contribution in [0, 0.1) is 0 Å². The Hall–Kier alpha value is -3.07. The summed E-state index contributed by atoms with van der Waals surface area (Å²) >= 11 is 1.47. The Bertz CT molecular complexity index is 1370. The molecule has 0 atom stereocenters. The van der Waals surface area contributed by atoms with Gasteiger partial charge in [0.2, 0.25) is 10.0 Å². The minimum atomic E-state index is -3.77. The van der Waals surface area contributed by atoms with Crippen molar-refractivity contribution in [3.63, 3.8) is 0 Å². The molecule has 0 bridgehead atoms. The fourth-order valence-electron chi connectivity index (χ4n) is 4.17. The molecule has 162 valence electrons. The molecule has 8 heteroatoms. The number of aromatic nitrogens is 1. The predicted molar refractivity (Wildman–Crippen MR) is 126 cm³/mol. The number of sulfonamides is 1. The lowest BCUT2D eigenvalue weighted by Crippen LogP contribution is -2.34. The molecule has 6 nitrogen and oxygen atoms in total. The highest BCUT2D eigenvalue weighted by atomic mass is 32.2. The largest absolute Gasteiger partial charge is 0.334 e. The van der Waals surface area contributed by atoms with E-state index in [2.05, 4.69) is 23.2 Å². The molecule has 0 saturated heterocycles. The summed E-state index contributed by atoms with van der Waals surface area (Å²) in [7, 11) is -3.77. The first-order chi connectivity index (χ1) is 15.4. The topological polar surface area (TPSA) is 93.4 Å². The average molecular weight is 464 g/mol. The van der Waals surface area contributed by atoms with Gasteiger partial charge in [-0.2, -0.15) is 0 Å². The molecule has 2 aromatic heterocycles. The Morgan fingerprint density at radius 2 is 1.97 bits per heavy atom. The first-order valence-corrected chi connectivity index (χ1v) is 12.7. The number of pyridine rings is 1. The zero-order valence-electron chi connectivity index (χ0n) is 17.2. The van der Waals surface area contributed by atoms with E-state index in [1.807, 2.05) is 28.5 Å². The Morgan fingerprint density at radius 1 is 1.09 bits per heavy atom. The normalized spacial score (nSPS) is 15.8. The van der Waals surface area contributed by atoms with Crippen molar-refractivity contribution in [1.29, 1.82) is 0 Å². The smallest absolute Gasteiger partial charge is 0.264 e. The third kappa shape index (κ3) is 3.92. The highest BCUT2D eigenvalue weighted by Crippen LogP contribution is 2.37. The SMILES string of the molecule is NS(=O)(=O)c1cccc(-c2cnc3c(c2)C(C2=CCN(C(=O)c4cccs4)CC2)=CC3)c1. The van der Waals surface area contributed by atoms with Gasteiger partial charge in [0, 0.05) is 36.8 Å². The number of allylic oxidation sites excluding steroid dienone is 2. The van der Waals surface area contributed by atoms with Gasteiger partial charge in [0.25, 0.3) is 5.91 Å². The number of fused-ring (bicyclic) bond motifs is 1. The van der Waals surface area contributed by atoms with Gasteiger partial charge in [-0.1, -0.05) is 30.4 Å². The number of rotatable bonds is 4. The van der Waals surface area contributed by atoms with Gasteiger partial charge in [0.1, 0.15) is 0 Å². The standard InChI is InChI=1S/C24H21N3O3S2/c25-32(29,30)19-4-1-3-17(13-19)18-14-21-20(6-7-22(21)26-15-18)16-8-10-27(11-9-16)24(28)23-5-2-12-31-23/h1-6,8,12-15H,7,9-11H2,(H2,25,29,30). The molecule has 0 unspecified atom stereocenters. The summed E-state index contributed by atoms with van der Waals surface area (Å²) in [6.07, 6.45) is 7.63. The lowest BCUT2D eigenvalue weighted by Gasteiger charge is -2.27. The minimum Gasteiger partial charge on any atom is -0.334 e. The highest BCUT2D eigenvalue weighted by molar-refractivity contribution is 7.89. The maximum Gasteiger partial charge on any atom is 0.264 e. The lowest BCUT2D eigenvalue weighted by molar-refractivity contribution is 0.0774. The second-order valence-corrected chi connectivity index (χ2v) is 10.3. The zero-order chi connectivity index (χ0) is 22.3. The van der Waals surface area contributed by atoms with E-state index >= 15 is 0 Å². The molecule has 0 spiro atoms. The number of amides is 1. The number of thiophene rings is 1. The predicted octanol–water partition coefficient (Wildman–Crippen LogP) is 3.87. The van der Waals surface area contributed by atoms with Crippen molar-refractivity contribution in [2.24, 2.45) is 5.14 Å². The molecule has 3 heterocycles. The van der Waals surface area contributed by atoms with Gasteiger partial charge in [0.05, 0.1) is 15.5 Å². The van der Waals surface area contributed by atoms with Crippen molar-refractivity contribution in [2.45, 2.75) is 17.7 Å². The number of benzene rings is 1. The number of carbonyl (C=O) groups is 1. The van der Waals surface area contributed by atoms with E-state index in [9.17, 15) is 13.2 Å². The molecule has 0 radical (unpaired) electrons. The molecule has 0 fully saturated rings. The Morgan fingerprint density at radius 3 is 2.69 bits per heavy atom. The van der Waals surface area contributed by atoms with Crippen LogP contribution in [0.1, 0.15) is 27.3 Å². The molecule has 1 aliphatic carbocycles. The average Bonchev–Trinajstić information content (AvgIpc) is 3.48. The molecule has 1 aliphatic heterocycles. The van der Waals surface area contributed by atoms with E-state index in [1.165, 1.54) is 23.0 Å². The molecule has 2 N–H and O–H groups in total. The number of nitrogens with zero attached hydrogens (tertiary/aromatic N) is 2. The maximum atomic E-state index is 12.6. The molecule has 32 heavy (non-hydrogen) atoms. The molecular formula is C24H21N3O3S2. The zero-order valence-corrected chi connectivity index (χ0v) is 18.8. The van der Waals surface area contributed by atoms with Crippen LogP contribution in [-0.2, 0) is 16.4 Å². The first-order valence-electron chi connectivity index (χ1n) is 10.2. The summed E-state index contributed by atoms with van der Waals surface area (Å²) < 4.78 is 23.5. The molecular weight excluding hydrogens is 442 g/mol. The Balaban J connectivity index is 1.41. The number of primary sulfonamides is 1. The van der Waals surface area contributed by atoms with E-state index in [0.717, 1.165) is 45.7 Å². The van der Waals surface area contributed by atoms with E-state index in [0.29, 0.717) is 13.1 Å². The fraction of sp³-hybridized carbons (Fsp3) is 0.167. The van der Waals surface area contributed by atoms with Gasteiger partial charge in [0.15, 0.2) is 0 Å². The van der Waals surface area contributed by atoms with Crippen LogP contribution in [0.15, 0.2) is 76.7 Å². The van der Waals surface area contributed by atoms with Crippen LogP contribution < -0.4 is 5.14 Å². The number of hydrogen-bond acceptors (Lipinski definition) is 5. The molecule has 2 aliphatic rings. The van der Waals surface area contributed by atoms with Gasteiger partial charge in [-0.15, -0.1) is 11.3 Å². The fourth-order valence-corrected chi connectivity index (χ4v) is 5.42. The van der Waals surface area contributed by atoms with E-state index in [4.69, 9.17) is 5.14 Å². The van der Waals surface area contributed by atoms with Gasteiger partial charge in [-0.05, 0) is 52.8 Å². The van der Waals surface area contributed by atoms with Crippen molar-refractivity contribution in [3.8, 4) is 11.1 Å². The third-order valence-electron chi connectivity index (χ3n) is 5.83. The van der Waals surface area contributed by atoms with Gasteiger partial charge in [-0.25, -0.2) is 13.6 Å².